The number of rotatable bonds is 5. The third-order valence-corrected chi connectivity index (χ3v) is 11.8. The van der Waals surface area contributed by atoms with Gasteiger partial charge in [0.25, 0.3) is 0 Å². The second-order valence-corrected chi connectivity index (χ2v) is 14.8. The van der Waals surface area contributed by atoms with Crippen molar-refractivity contribution in [1.29, 1.82) is 0 Å². The van der Waals surface area contributed by atoms with Gasteiger partial charge < -0.3 is 9.32 Å². The maximum atomic E-state index is 6.78. The van der Waals surface area contributed by atoms with Crippen LogP contribution in [-0.2, 0) is 0 Å². The topological polar surface area (TPSA) is 16.4 Å². The van der Waals surface area contributed by atoms with E-state index in [1.165, 1.54) is 52.8 Å². The van der Waals surface area contributed by atoms with Gasteiger partial charge in [0, 0.05) is 42.0 Å². The number of nitrogens with zero attached hydrogens (tertiary/aromatic N) is 1. The summed E-state index contributed by atoms with van der Waals surface area (Å²) >= 11 is 1.85. The largest absolute Gasteiger partial charge is 0.454 e. The van der Waals surface area contributed by atoms with Crippen LogP contribution in [0.5, 0.6) is 0 Å². The molecule has 0 bridgehead atoms. The Kier molecular flexibility index (Phi) is 6.76. The van der Waals surface area contributed by atoms with Crippen molar-refractivity contribution in [3.63, 3.8) is 0 Å². The minimum Gasteiger partial charge on any atom is -0.454 e. The molecular weight excluding hydrogens is 663 g/mol. The molecule has 0 aliphatic heterocycles. The SMILES string of the molecule is c1ccc(-c2cc(-c3ccc4sc5ccccc5c4c3)cc(N(c3cc4ccccc4c4ccccc34)c3cccc4c3oc3ccccc34)c2)cc1. The Balaban J connectivity index is 1.24. The third kappa shape index (κ3) is 4.86. The summed E-state index contributed by atoms with van der Waals surface area (Å²) in [6.45, 7) is 0. The molecule has 2 aromatic heterocycles. The number of para-hydroxylation sites is 2. The van der Waals surface area contributed by atoms with E-state index in [-0.39, 0.29) is 0 Å². The number of fused-ring (bicyclic) bond motifs is 9. The molecule has 0 aliphatic rings. The Bertz CT molecular complexity index is 3190. The van der Waals surface area contributed by atoms with E-state index in [0.717, 1.165) is 50.1 Å². The van der Waals surface area contributed by atoms with Crippen LogP contribution in [0.15, 0.2) is 192 Å². The van der Waals surface area contributed by atoms with E-state index in [2.05, 4.69) is 187 Å². The molecule has 11 aromatic rings. The number of furan rings is 1. The predicted octanol–water partition coefficient (Wildman–Crippen LogP) is 15.1. The van der Waals surface area contributed by atoms with Crippen molar-refractivity contribution in [2.24, 2.45) is 0 Å². The number of hydrogen-bond acceptors (Lipinski definition) is 3. The summed E-state index contributed by atoms with van der Waals surface area (Å²) in [5, 5.41) is 9.63. The van der Waals surface area contributed by atoms with Crippen LogP contribution in [0.25, 0.3) is 85.9 Å². The summed E-state index contributed by atoms with van der Waals surface area (Å²) in [6, 6.07) is 68.1. The zero-order chi connectivity index (χ0) is 34.9. The monoisotopic (exact) mass is 693 g/mol. The van der Waals surface area contributed by atoms with Crippen molar-refractivity contribution >= 4 is 92.1 Å². The Labute approximate surface area is 310 Å². The van der Waals surface area contributed by atoms with Crippen molar-refractivity contribution in [1.82, 2.24) is 0 Å². The summed E-state index contributed by atoms with van der Waals surface area (Å²) in [7, 11) is 0. The van der Waals surface area contributed by atoms with E-state index in [0.29, 0.717) is 0 Å². The molecule has 3 heteroatoms. The molecule has 0 fully saturated rings. The van der Waals surface area contributed by atoms with E-state index >= 15 is 0 Å². The maximum Gasteiger partial charge on any atom is 0.159 e. The zero-order valence-corrected chi connectivity index (χ0v) is 29.5. The van der Waals surface area contributed by atoms with E-state index in [4.69, 9.17) is 4.42 Å². The minimum atomic E-state index is 0.865. The molecule has 0 aliphatic carbocycles. The maximum absolute atomic E-state index is 6.78. The first-order valence-corrected chi connectivity index (χ1v) is 18.8. The molecule has 0 unspecified atom stereocenters. The average molecular weight is 694 g/mol. The molecule has 248 valence electrons. The Morgan fingerprint density at radius 2 is 1.02 bits per heavy atom. The summed E-state index contributed by atoms with van der Waals surface area (Å²) in [4.78, 5) is 2.42. The normalized spacial score (nSPS) is 11.8. The lowest BCUT2D eigenvalue weighted by Gasteiger charge is -2.28. The van der Waals surface area contributed by atoms with E-state index < -0.39 is 0 Å². The first-order chi connectivity index (χ1) is 26.3. The lowest BCUT2D eigenvalue weighted by molar-refractivity contribution is 0.669. The van der Waals surface area contributed by atoms with Gasteiger partial charge >= 0.3 is 0 Å². The van der Waals surface area contributed by atoms with Gasteiger partial charge in [-0.15, -0.1) is 11.3 Å². The molecule has 0 atom stereocenters. The van der Waals surface area contributed by atoms with Gasteiger partial charge in [0.2, 0.25) is 0 Å². The molecule has 0 amide bonds. The van der Waals surface area contributed by atoms with Crippen LogP contribution in [0.3, 0.4) is 0 Å². The van der Waals surface area contributed by atoms with Gasteiger partial charge in [-0.25, -0.2) is 0 Å². The molecule has 11 rings (SSSR count). The molecule has 53 heavy (non-hydrogen) atoms. The van der Waals surface area contributed by atoms with Gasteiger partial charge in [-0.2, -0.15) is 0 Å². The average Bonchev–Trinajstić information content (AvgIpc) is 3.80. The van der Waals surface area contributed by atoms with Crippen LogP contribution in [0.2, 0.25) is 0 Å². The summed E-state index contributed by atoms with van der Waals surface area (Å²) in [5.74, 6) is 0. The zero-order valence-electron chi connectivity index (χ0n) is 28.7. The molecule has 2 heterocycles. The molecule has 0 saturated carbocycles. The lowest BCUT2D eigenvalue weighted by atomic mass is 9.95. The molecule has 0 spiro atoms. The van der Waals surface area contributed by atoms with Crippen molar-refractivity contribution in [3.8, 4) is 22.3 Å². The van der Waals surface area contributed by atoms with Crippen LogP contribution in [0.4, 0.5) is 17.1 Å². The number of hydrogen-bond donors (Lipinski definition) is 0. The summed E-state index contributed by atoms with van der Waals surface area (Å²) in [6.07, 6.45) is 0. The highest BCUT2D eigenvalue weighted by molar-refractivity contribution is 7.25. The van der Waals surface area contributed by atoms with Crippen LogP contribution in [0.1, 0.15) is 0 Å². The highest BCUT2D eigenvalue weighted by Crippen LogP contribution is 2.48. The summed E-state index contributed by atoms with van der Waals surface area (Å²) < 4.78 is 9.39. The number of anilines is 3. The highest BCUT2D eigenvalue weighted by Gasteiger charge is 2.23. The van der Waals surface area contributed by atoms with Gasteiger partial charge in [0.05, 0.1) is 11.4 Å². The fourth-order valence-electron chi connectivity index (χ4n) is 8.15. The van der Waals surface area contributed by atoms with Crippen LogP contribution in [-0.4, -0.2) is 0 Å². The number of thiophene rings is 1. The molecule has 0 N–H and O–H groups in total. The van der Waals surface area contributed by atoms with Crippen molar-refractivity contribution < 1.29 is 4.42 Å². The van der Waals surface area contributed by atoms with E-state index in [1.807, 2.05) is 17.4 Å². The number of benzene rings is 9. The van der Waals surface area contributed by atoms with Crippen LogP contribution >= 0.6 is 11.3 Å². The Hall–Kier alpha value is -6.68. The molecule has 9 aromatic carbocycles. The molecular formula is C50H31NOS. The summed E-state index contributed by atoms with van der Waals surface area (Å²) in [5.41, 5.74) is 9.57. The Morgan fingerprint density at radius 3 is 1.89 bits per heavy atom. The highest BCUT2D eigenvalue weighted by atomic mass is 32.1. The van der Waals surface area contributed by atoms with Gasteiger partial charge in [-0.05, 0) is 93.0 Å². The predicted molar refractivity (Wildman–Crippen MR) is 227 cm³/mol. The standard InChI is InChI=1S/C50H31NOS/c1-2-13-32(14-3-1)35-27-36(33-25-26-49-44(30-33)42-20-9-11-24-48(42)53-49)29-37(28-35)51(45-22-12-21-43-41-19-8-10-23-47(41)52-50(43)45)46-31-34-15-4-5-16-38(34)39-17-6-7-18-40(39)46/h1-31H. The van der Waals surface area contributed by atoms with Crippen molar-refractivity contribution in [2.45, 2.75) is 0 Å². The molecule has 0 radical (unpaired) electrons. The van der Waals surface area contributed by atoms with Gasteiger partial charge in [0.1, 0.15) is 5.58 Å². The molecule has 2 nitrogen and oxygen atoms in total. The fraction of sp³-hybridized carbons (Fsp3) is 0. The quantitative estimate of drug-likeness (QED) is 0.167. The molecule has 0 saturated heterocycles. The van der Waals surface area contributed by atoms with Crippen LogP contribution < -0.4 is 4.90 Å². The first kappa shape index (κ1) is 30.0. The van der Waals surface area contributed by atoms with E-state index in [9.17, 15) is 0 Å². The first-order valence-electron chi connectivity index (χ1n) is 18.0. The Morgan fingerprint density at radius 1 is 0.358 bits per heavy atom. The van der Waals surface area contributed by atoms with Gasteiger partial charge in [-0.3, -0.25) is 0 Å². The smallest absolute Gasteiger partial charge is 0.159 e. The second kappa shape index (κ2) is 11.9. The van der Waals surface area contributed by atoms with E-state index in [1.54, 1.807) is 0 Å². The van der Waals surface area contributed by atoms with Gasteiger partial charge in [0.15, 0.2) is 5.58 Å². The van der Waals surface area contributed by atoms with Gasteiger partial charge in [-0.1, -0.05) is 133 Å². The third-order valence-electron chi connectivity index (χ3n) is 10.6. The van der Waals surface area contributed by atoms with Crippen molar-refractivity contribution in [3.05, 3.63) is 188 Å². The van der Waals surface area contributed by atoms with Crippen LogP contribution in [0, 0.1) is 0 Å². The second-order valence-electron chi connectivity index (χ2n) is 13.7. The lowest BCUT2D eigenvalue weighted by Crippen LogP contribution is -2.11. The van der Waals surface area contributed by atoms with Crippen molar-refractivity contribution in [2.75, 3.05) is 4.90 Å². The fourth-order valence-corrected chi connectivity index (χ4v) is 9.23. The minimum absolute atomic E-state index is 0.865.